The highest BCUT2D eigenvalue weighted by Crippen LogP contribution is 2.24. The lowest BCUT2D eigenvalue weighted by Crippen LogP contribution is -2.46. The molecule has 1 aromatic rings. The summed E-state index contributed by atoms with van der Waals surface area (Å²) in [7, 11) is 0. The minimum Gasteiger partial charge on any atom is -0.427 e. The zero-order valence-electron chi connectivity index (χ0n) is 11.5. The minimum absolute atomic E-state index is 0. The Labute approximate surface area is 125 Å². The van der Waals surface area contributed by atoms with Crippen LogP contribution >= 0.6 is 12.4 Å². The maximum atomic E-state index is 11.0. The minimum atomic E-state index is -0.333. The van der Waals surface area contributed by atoms with E-state index in [-0.39, 0.29) is 31.0 Å². The van der Waals surface area contributed by atoms with E-state index in [9.17, 15) is 9.90 Å². The van der Waals surface area contributed by atoms with Crippen LogP contribution in [0.1, 0.15) is 18.5 Å². The van der Waals surface area contributed by atoms with Gasteiger partial charge in [0.2, 0.25) is 0 Å². The van der Waals surface area contributed by atoms with Crippen molar-refractivity contribution >= 4 is 18.4 Å². The normalized spacial score (nSPS) is 17.1. The van der Waals surface area contributed by atoms with E-state index in [0.29, 0.717) is 5.75 Å². The number of aliphatic hydroxyl groups excluding tert-OH is 1. The predicted octanol–water partition coefficient (Wildman–Crippen LogP) is 0.972. The number of hydrogen-bond donors (Lipinski definition) is 2. The van der Waals surface area contributed by atoms with Gasteiger partial charge in [0.25, 0.3) is 0 Å². The van der Waals surface area contributed by atoms with Crippen LogP contribution in [0.2, 0.25) is 0 Å². The monoisotopic (exact) mass is 300 g/mol. The van der Waals surface area contributed by atoms with Crippen molar-refractivity contribution in [3.8, 4) is 5.75 Å². The van der Waals surface area contributed by atoms with Gasteiger partial charge in [-0.25, -0.2) is 0 Å². The maximum Gasteiger partial charge on any atom is 0.308 e. The van der Waals surface area contributed by atoms with Crippen LogP contribution in [0.4, 0.5) is 0 Å². The molecule has 0 amide bonds. The van der Waals surface area contributed by atoms with Crippen molar-refractivity contribution in [2.24, 2.45) is 0 Å². The standard InChI is InChI=1S/C14H20N2O3.ClH/c1-11(18)19-13-4-2-3-12(9-13)14(10-17)16-7-5-15-6-8-16;/h2-4,9,14-15,17H,5-8,10H2,1H3;1H/t14-;/m1./s1. The van der Waals surface area contributed by atoms with Crippen LogP contribution in [-0.4, -0.2) is 48.8 Å². The van der Waals surface area contributed by atoms with Crippen LogP contribution in [0.15, 0.2) is 24.3 Å². The first kappa shape index (κ1) is 16.9. The molecule has 0 saturated carbocycles. The Balaban J connectivity index is 0.00000200. The lowest BCUT2D eigenvalue weighted by atomic mass is 10.0. The number of esters is 1. The average Bonchev–Trinajstić information content (AvgIpc) is 2.40. The second kappa shape index (κ2) is 8.21. The fraction of sp³-hybridized carbons (Fsp3) is 0.500. The Morgan fingerprint density at radius 3 is 2.75 bits per heavy atom. The van der Waals surface area contributed by atoms with Crippen molar-refractivity contribution in [1.29, 1.82) is 0 Å². The Kier molecular flexibility index (Phi) is 6.95. The third kappa shape index (κ3) is 4.45. The summed E-state index contributed by atoms with van der Waals surface area (Å²) in [6.07, 6.45) is 0. The number of carbonyl (C=O) groups is 1. The molecule has 1 saturated heterocycles. The number of hydrogen-bond acceptors (Lipinski definition) is 5. The summed E-state index contributed by atoms with van der Waals surface area (Å²) in [5.41, 5.74) is 0.975. The molecule has 6 heteroatoms. The van der Waals surface area contributed by atoms with E-state index in [0.717, 1.165) is 31.7 Å². The van der Waals surface area contributed by atoms with E-state index in [1.807, 2.05) is 18.2 Å². The number of benzene rings is 1. The number of halogens is 1. The van der Waals surface area contributed by atoms with Gasteiger partial charge in [0.1, 0.15) is 5.75 Å². The molecule has 1 aliphatic rings. The summed E-state index contributed by atoms with van der Waals surface area (Å²) in [6, 6.07) is 7.33. The Bertz CT molecular complexity index is 436. The second-order valence-corrected chi connectivity index (χ2v) is 4.65. The van der Waals surface area contributed by atoms with Gasteiger partial charge >= 0.3 is 5.97 Å². The first-order valence-corrected chi connectivity index (χ1v) is 6.54. The molecule has 0 bridgehead atoms. The molecule has 20 heavy (non-hydrogen) atoms. The first-order chi connectivity index (χ1) is 9.20. The first-order valence-electron chi connectivity index (χ1n) is 6.54. The number of nitrogens with one attached hydrogen (secondary N) is 1. The highest BCUT2D eigenvalue weighted by Gasteiger charge is 2.21. The van der Waals surface area contributed by atoms with Gasteiger partial charge in [-0.1, -0.05) is 12.1 Å². The fourth-order valence-electron chi connectivity index (χ4n) is 2.38. The highest BCUT2D eigenvalue weighted by molar-refractivity contribution is 5.85. The van der Waals surface area contributed by atoms with Crippen LogP contribution in [0.5, 0.6) is 5.75 Å². The second-order valence-electron chi connectivity index (χ2n) is 4.65. The summed E-state index contributed by atoms with van der Waals surface area (Å²) in [6.45, 7) is 5.11. The van der Waals surface area contributed by atoms with Crippen molar-refractivity contribution in [2.75, 3.05) is 32.8 Å². The molecular weight excluding hydrogens is 280 g/mol. The van der Waals surface area contributed by atoms with Crippen LogP contribution in [0.3, 0.4) is 0 Å². The molecular formula is C14H21ClN2O3. The summed E-state index contributed by atoms with van der Waals surface area (Å²) < 4.78 is 5.09. The molecule has 0 radical (unpaired) electrons. The van der Waals surface area contributed by atoms with Gasteiger partial charge < -0.3 is 15.2 Å². The van der Waals surface area contributed by atoms with E-state index >= 15 is 0 Å². The molecule has 0 unspecified atom stereocenters. The molecule has 112 valence electrons. The van der Waals surface area contributed by atoms with Gasteiger partial charge in [-0.15, -0.1) is 12.4 Å². The number of carbonyl (C=O) groups excluding carboxylic acids is 1. The molecule has 1 aliphatic heterocycles. The SMILES string of the molecule is CC(=O)Oc1cccc([C@@H](CO)N2CCNCC2)c1.Cl. The Morgan fingerprint density at radius 2 is 2.15 bits per heavy atom. The number of ether oxygens (including phenoxy) is 1. The van der Waals surface area contributed by atoms with Gasteiger partial charge in [-0.2, -0.15) is 0 Å². The summed E-state index contributed by atoms with van der Waals surface area (Å²) in [5.74, 6) is 0.193. The molecule has 5 nitrogen and oxygen atoms in total. The molecule has 0 spiro atoms. The number of piperazine rings is 1. The van der Waals surface area contributed by atoms with Gasteiger partial charge in [0, 0.05) is 33.1 Å². The molecule has 1 atom stereocenters. The Morgan fingerprint density at radius 1 is 1.45 bits per heavy atom. The van der Waals surface area contributed by atoms with Gasteiger partial charge in [-0.3, -0.25) is 9.69 Å². The third-order valence-electron chi connectivity index (χ3n) is 3.27. The van der Waals surface area contributed by atoms with Crippen LogP contribution in [0, 0.1) is 0 Å². The van der Waals surface area contributed by atoms with E-state index in [2.05, 4.69) is 10.2 Å². The molecule has 0 aromatic heterocycles. The average molecular weight is 301 g/mol. The van der Waals surface area contributed by atoms with E-state index in [4.69, 9.17) is 4.74 Å². The zero-order valence-corrected chi connectivity index (χ0v) is 12.4. The van der Waals surface area contributed by atoms with Crippen molar-refractivity contribution in [1.82, 2.24) is 10.2 Å². The maximum absolute atomic E-state index is 11.0. The molecule has 1 fully saturated rings. The lowest BCUT2D eigenvalue weighted by Gasteiger charge is -2.34. The van der Waals surface area contributed by atoms with Gasteiger partial charge in [0.05, 0.1) is 12.6 Å². The molecule has 1 heterocycles. The van der Waals surface area contributed by atoms with Gasteiger partial charge in [-0.05, 0) is 17.7 Å². The van der Waals surface area contributed by atoms with E-state index in [1.165, 1.54) is 6.92 Å². The smallest absolute Gasteiger partial charge is 0.308 e. The van der Waals surface area contributed by atoms with Crippen LogP contribution in [-0.2, 0) is 4.79 Å². The Hall–Kier alpha value is -1.14. The zero-order chi connectivity index (χ0) is 13.7. The number of nitrogens with zero attached hydrogens (tertiary/aromatic N) is 1. The molecule has 0 aliphatic carbocycles. The third-order valence-corrected chi connectivity index (χ3v) is 3.27. The summed E-state index contributed by atoms with van der Waals surface area (Å²) in [5, 5.41) is 12.9. The number of aliphatic hydroxyl groups is 1. The molecule has 2 N–H and O–H groups in total. The summed E-state index contributed by atoms with van der Waals surface area (Å²) >= 11 is 0. The lowest BCUT2D eigenvalue weighted by molar-refractivity contribution is -0.131. The van der Waals surface area contributed by atoms with Crippen LogP contribution in [0.25, 0.3) is 0 Å². The molecule has 1 aromatic carbocycles. The van der Waals surface area contributed by atoms with Crippen molar-refractivity contribution in [2.45, 2.75) is 13.0 Å². The quantitative estimate of drug-likeness (QED) is 0.641. The summed E-state index contributed by atoms with van der Waals surface area (Å²) in [4.78, 5) is 13.2. The van der Waals surface area contributed by atoms with Crippen molar-refractivity contribution in [3.05, 3.63) is 29.8 Å². The van der Waals surface area contributed by atoms with Crippen LogP contribution < -0.4 is 10.1 Å². The van der Waals surface area contributed by atoms with Crippen molar-refractivity contribution < 1.29 is 14.6 Å². The predicted molar refractivity (Wildman–Crippen MR) is 79.3 cm³/mol. The number of rotatable bonds is 4. The van der Waals surface area contributed by atoms with E-state index < -0.39 is 0 Å². The van der Waals surface area contributed by atoms with E-state index in [1.54, 1.807) is 6.07 Å². The fourth-order valence-corrected chi connectivity index (χ4v) is 2.38. The largest absolute Gasteiger partial charge is 0.427 e. The van der Waals surface area contributed by atoms with Gasteiger partial charge in [0.15, 0.2) is 0 Å². The molecule has 2 rings (SSSR count). The highest BCUT2D eigenvalue weighted by atomic mass is 35.5. The van der Waals surface area contributed by atoms with Crippen molar-refractivity contribution in [3.63, 3.8) is 0 Å². The topological polar surface area (TPSA) is 61.8 Å².